The van der Waals surface area contributed by atoms with Crippen LogP contribution in [0.1, 0.15) is 17.9 Å². The monoisotopic (exact) mass is 332 g/mol. The van der Waals surface area contributed by atoms with E-state index in [0.29, 0.717) is 31.0 Å². The van der Waals surface area contributed by atoms with Crippen LogP contribution in [-0.2, 0) is 4.79 Å². The largest absolute Gasteiger partial charge is 0.492 e. The number of carbonyl (C=O) groups excluding carboxylic acids is 1. The highest BCUT2D eigenvalue weighted by Gasteiger charge is 2.45. The molecule has 0 heterocycles. The lowest BCUT2D eigenvalue weighted by atomic mass is 10.1. The van der Waals surface area contributed by atoms with Crippen LogP contribution in [0.5, 0.6) is 5.75 Å². The smallest absolute Gasteiger partial charge is 0.228 e. The molecule has 1 saturated carbocycles. The second-order valence-corrected chi connectivity index (χ2v) is 5.77. The summed E-state index contributed by atoms with van der Waals surface area (Å²) < 4.78 is 32.4. The van der Waals surface area contributed by atoms with Gasteiger partial charge < -0.3 is 15.8 Å². The summed E-state index contributed by atoms with van der Waals surface area (Å²) in [5, 5.41) is 2.79. The first-order valence-electron chi connectivity index (χ1n) is 7.77. The third-order valence-corrected chi connectivity index (χ3v) is 3.99. The third-order valence-electron chi connectivity index (χ3n) is 3.99. The van der Waals surface area contributed by atoms with E-state index < -0.39 is 11.6 Å². The van der Waals surface area contributed by atoms with Crippen molar-refractivity contribution in [3.8, 4) is 5.75 Å². The average molecular weight is 332 g/mol. The first kappa shape index (κ1) is 16.4. The molecule has 2 aromatic carbocycles. The van der Waals surface area contributed by atoms with Gasteiger partial charge in [-0.05, 0) is 60.4 Å². The third kappa shape index (κ3) is 3.71. The maximum Gasteiger partial charge on any atom is 0.228 e. The molecule has 0 saturated heterocycles. The molecular formula is C18H18F2N2O2. The molecule has 0 aliphatic heterocycles. The summed E-state index contributed by atoms with van der Waals surface area (Å²) in [4.78, 5) is 12.2. The molecular weight excluding hydrogens is 314 g/mol. The van der Waals surface area contributed by atoms with Crippen LogP contribution >= 0.6 is 0 Å². The highest BCUT2D eigenvalue weighted by Crippen LogP contribution is 2.48. The van der Waals surface area contributed by atoms with Crippen molar-refractivity contribution < 1.29 is 18.3 Å². The van der Waals surface area contributed by atoms with E-state index in [1.54, 1.807) is 24.3 Å². The van der Waals surface area contributed by atoms with E-state index in [0.717, 1.165) is 18.2 Å². The molecule has 2 unspecified atom stereocenters. The van der Waals surface area contributed by atoms with Crippen LogP contribution < -0.4 is 15.8 Å². The number of nitrogens with two attached hydrogens (primary N) is 1. The molecule has 3 rings (SSSR count). The number of halogens is 2. The Hall–Kier alpha value is -2.47. The Kier molecular flexibility index (Phi) is 4.76. The fraction of sp³-hybridized carbons (Fsp3) is 0.278. The van der Waals surface area contributed by atoms with Crippen molar-refractivity contribution in [3.63, 3.8) is 0 Å². The molecule has 2 atom stereocenters. The maximum absolute atomic E-state index is 13.7. The number of rotatable bonds is 6. The van der Waals surface area contributed by atoms with Gasteiger partial charge in [0.15, 0.2) is 0 Å². The van der Waals surface area contributed by atoms with Crippen LogP contribution in [0.15, 0.2) is 42.5 Å². The fourth-order valence-electron chi connectivity index (χ4n) is 2.67. The molecule has 3 N–H and O–H groups in total. The lowest BCUT2D eigenvalue weighted by Gasteiger charge is -2.08. The summed E-state index contributed by atoms with van der Waals surface area (Å²) in [7, 11) is 0. The van der Waals surface area contributed by atoms with Gasteiger partial charge in [0.05, 0.1) is 0 Å². The van der Waals surface area contributed by atoms with Crippen molar-refractivity contribution in [1.29, 1.82) is 0 Å². The van der Waals surface area contributed by atoms with E-state index >= 15 is 0 Å². The van der Waals surface area contributed by atoms with Gasteiger partial charge in [0.1, 0.15) is 24.0 Å². The standard InChI is InChI=1S/C18H18F2N2O2/c19-11-1-6-17(20)15(9-11)14-10-16(14)18(23)22-12-2-4-13(5-3-12)24-8-7-21/h1-6,9,14,16H,7-8,10,21H2,(H,22,23). The van der Waals surface area contributed by atoms with E-state index in [4.69, 9.17) is 10.5 Å². The number of benzene rings is 2. The SMILES string of the molecule is NCCOc1ccc(NC(=O)C2CC2c2cc(F)ccc2F)cc1. The Morgan fingerprint density at radius 3 is 2.67 bits per heavy atom. The quantitative estimate of drug-likeness (QED) is 0.854. The fourth-order valence-corrected chi connectivity index (χ4v) is 2.67. The molecule has 6 heteroatoms. The van der Waals surface area contributed by atoms with Gasteiger partial charge in [0.2, 0.25) is 5.91 Å². The molecule has 1 aliphatic rings. The Morgan fingerprint density at radius 2 is 1.96 bits per heavy atom. The molecule has 0 aromatic heterocycles. The van der Waals surface area contributed by atoms with Crippen LogP contribution in [0.25, 0.3) is 0 Å². The second kappa shape index (κ2) is 6.97. The molecule has 1 amide bonds. The second-order valence-electron chi connectivity index (χ2n) is 5.77. The number of carbonyl (C=O) groups is 1. The normalized spacial score (nSPS) is 19.0. The lowest BCUT2D eigenvalue weighted by Crippen LogP contribution is -2.15. The lowest BCUT2D eigenvalue weighted by molar-refractivity contribution is -0.117. The number of amides is 1. The van der Waals surface area contributed by atoms with Gasteiger partial charge in [-0.2, -0.15) is 0 Å². The summed E-state index contributed by atoms with van der Waals surface area (Å²) in [6, 6.07) is 10.3. The van der Waals surface area contributed by atoms with E-state index in [-0.39, 0.29) is 23.3 Å². The molecule has 126 valence electrons. The zero-order valence-corrected chi connectivity index (χ0v) is 13.0. The maximum atomic E-state index is 13.7. The number of ether oxygens (including phenoxy) is 1. The Labute approximate surface area is 138 Å². The van der Waals surface area contributed by atoms with Crippen molar-refractivity contribution in [2.75, 3.05) is 18.5 Å². The van der Waals surface area contributed by atoms with E-state index in [9.17, 15) is 13.6 Å². The van der Waals surface area contributed by atoms with Gasteiger partial charge in [-0.15, -0.1) is 0 Å². The molecule has 2 aromatic rings. The van der Waals surface area contributed by atoms with E-state index in [2.05, 4.69) is 5.32 Å². The van der Waals surface area contributed by atoms with Gasteiger partial charge >= 0.3 is 0 Å². The van der Waals surface area contributed by atoms with E-state index in [1.165, 1.54) is 0 Å². The van der Waals surface area contributed by atoms with Gasteiger partial charge in [0, 0.05) is 18.2 Å². The van der Waals surface area contributed by atoms with Crippen molar-refractivity contribution >= 4 is 11.6 Å². The highest BCUT2D eigenvalue weighted by atomic mass is 19.1. The number of nitrogens with one attached hydrogen (secondary N) is 1. The van der Waals surface area contributed by atoms with Crippen LogP contribution in [0.2, 0.25) is 0 Å². The van der Waals surface area contributed by atoms with Crippen LogP contribution in [-0.4, -0.2) is 19.1 Å². The Balaban J connectivity index is 1.59. The van der Waals surface area contributed by atoms with E-state index in [1.807, 2.05) is 0 Å². The topological polar surface area (TPSA) is 64.3 Å². The Morgan fingerprint density at radius 1 is 1.21 bits per heavy atom. The van der Waals surface area contributed by atoms with Gasteiger partial charge in [-0.3, -0.25) is 4.79 Å². The average Bonchev–Trinajstić information content (AvgIpc) is 3.37. The van der Waals surface area contributed by atoms with Gasteiger partial charge in [-0.25, -0.2) is 8.78 Å². The minimum Gasteiger partial charge on any atom is -0.492 e. The van der Waals surface area contributed by atoms with Crippen molar-refractivity contribution in [1.82, 2.24) is 0 Å². The van der Waals surface area contributed by atoms with Crippen molar-refractivity contribution in [2.45, 2.75) is 12.3 Å². The summed E-state index contributed by atoms with van der Waals surface area (Å²) in [5.41, 5.74) is 6.26. The molecule has 0 bridgehead atoms. The van der Waals surface area contributed by atoms with Crippen LogP contribution in [0, 0.1) is 17.6 Å². The van der Waals surface area contributed by atoms with Crippen LogP contribution in [0.4, 0.5) is 14.5 Å². The molecule has 1 fully saturated rings. The van der Waals surface area contributed by atoms with Crippen molar-refractivity contribution in [3.05, 3.63) is 59.7 Å². The predicted molar refractivity (Wildman–Crippen MR) is 86.8 cm³/mol. The zero-order chi connectivity index (χ0) is 17.1. The predicted octanol–water partition coefficient (Wildman–Crippen LogP) is 3.04. The molecule has 1 aliphatic carbocycles. The minimum atomic E-state index is -0.495. The first-order valence-corrected chi connectivity index (χ1v) is 7.77. The highest BCUT2D eigenvalue weighted by molar-refractivity contribution is 5.95. The summed E-state index contributed by atoms with van der Waals surface area (Å²) >= 11 is 0. The Bertz CT molecular complexity index is 734. The zero-order valence-electron chi connectivity index (χ0n) is 13.0. The number of anilines is 1. The van der Waals surface area contributed by atoms with Crippen molar-refractivity contribution in [2.24, 2.45) is 11.7 Å². The summed E-state index contributed by atoms with van der Waals surface area (Å²) in [6.45, 7) is 0.854. The summed E-state index contributed by atoms with van der Waals surface area (Å²) in [6.07, 6.45) is 0.518. The van der Waals surface area contributed by atoms with Gasteiger partial charge in [0.25, 0.3) is 0 Å². The molecule has 0 spiro atoms. The summed E-state index contributed by atoms with van der Waals surface area (Å²) in [5.74, 6) is -1.10. The molecule has 4 nitrogen and oxygen atoms in total. The molecule has 24 heavy (non-hydrogen) atoms. The number of hydrogen-bond acceptors (Lipinski definition) is 3. The molecule has 0 radical (unpaired) electrons. The minimum absolute atomic E-state index is 0.195. The van der Waals surface area contributed by atoms with Gasteiger partial charge in [-0.1, -0.05) is 0 Å². The number of hydrogen-bond donors (Lipinski definition) is 2. The first-order chi connectivity index (χ1) is 11.6. The van der Waals surface area contributed by atoms with Crippen LogP contribution in [0.3, 0.4) is 0 Å².